The molecule has 0 saturated carbocycles. The zero-order valence-corrected chi connectivity index (χ0v) is 11.1. The van der Waals surface area contributed by atoms with Crippen molar-refractivity contribution in [3.05, 3.63) is 45.6 Å². The number of hydrogen-bond acceptors (Lipinski definition) is 1. The summed E-state index contributed by atoms with van der Waals surface area (Å²) in [4.78, 5) is 12.0. The van der Waals surface area contributed by atoms with E-state index in [9.17, 15) is 4.79 Å². The van der Waals surface area contributed by atoms with Gasteiger partial charge >= 0.3 is 0 Å². The standard InChI is InChI=1S/C13H14INO/c14-12-9-5-4-8-11(12)13(16)15-10-6-2-1-3-7-10/h1-2,4-5,8-10H,3,6-7H2,(H,15,16). The summed E-state index contributed by atoms with van der Waals surface area (Å²) in [6.45, 7) is 0. The van der Waals surface area contributed by atoms with E-state index in [0.717, 1.165) is 28.4 Å². The maximum Gasteiger partial charge on any atom is 0.252 e. The van der Waals surface area contributed by atoms with Crippen LogP contribution in [-0.2, 0) is 0 Å². The van der Waals surface area contributed by atoms with Crippen LogP contribution in [0.3, 0.4) is 0 Å². The SMILES string of the molecule is O=C(NC1CC=CCC1)c1ccccc1I. The smallest absolute Gasteiger partial charge is 0.252 e. The quantitative estimate of drug-likeness (QED) is 0.656. The van der Waals surface area contributed by atoms with Crippen molar-refractivity contribution in [3.8, 4) is 0 Å². The first-order chi connectivity index (χ1) is 7.77. The van der Waals surface area contributed by atoms with Crippen molar-refractivity contribution in [1.29, 1.82) is 0 Å². The summed E-state index contributed by atoms with van der Waals surface area (Å²) in [6, 6.07) is 7.97. The van der Waals surface area contributed by atoms with Gasteiger partial charge in [-0.1, -0.05) is 24.3 Å². The third-order valence-electron chi connectivity index (χ3n) is 2.72. The number of amides is 1. The number of allylic oxidation sites excluding steroid dienone is 1. The number of rotatable bonds is 2. The first-order valence-electron chi connectivity index (χ1n) is 5.48. The Morgan fingerprint density at radius 1 is 1.31 bits per heavy atom. The minimum Gasteiger partial charge on any atom is -0.349 e. The second-order valence-electron chi connectivity index (χ2n) is 3.93. The molecule has 0 aliphatic heterocycles. The Morgan fingerprint density at radius 2 is 2.12 bits per heavy atom. The lowest BCUT2D eigenvalue weighted by Crippen LogP contribution is -2.35. The highest BCUT2D eigenvalue weighted by Gasteiger charge is 2.15. The van der Waals surface area contributed by atoms with Gasteiger partial charge in [0.15, 0.2) is 0 Å². The Hall–Kier alpha value is -0.840. The zero-order chi connectivity index (χ0) is 11.4. The Labute approximate surface area is 109 Å². The van der Waals surface area contributed by atoms with E-state index in [1.54, 1.807) is 0 Å². The van der Waals surface area contributed by atoms with E-state index >= 15 is 0 Å². The van der Waals surface area contributed by atoms with Crippen LogP contribution in [0.1, 0.15) is 29.6 Å². The van der Waals surface area contributed by atoms with Crippen LogP contribution in [0.2, 0.25) is 0 Å². The van der Waals surface area contributed by atoms with Gasteiger partial charge in [0.25, 0.3) is 5.91 Å². The lowest BCUT2D eigenvalue weighted by atomic mass is 10.0. The van der Waals surface area contributed by atoms with Gasteiger partial charge in [-0.3, -0.25) is 4.79 Å². The molecule has 1 aliphatic carbocycles. The predicted octanol–water partition coefficient (Wildman–Crippen LogP) is 3.13. The lowest BCUT2D eigenvalue weighted by Gasteiger charge is -2.19. The fourth-order valence-corrected chi connectivity index (χ4v) is 2.47. The molecule has 0 heterocycles. The second-order valence-corrected chi connectivity index (χ2v) is 5.10. The van der Waals surface area contributed by atoms with Crippen LogP contribution in [0.15, 0.2) is 36.4 Å². The van der Waals surface area contributed by atoms with E-state index < -0.39 is 0 Å². The second kappa shape index (κ2) is 5.48. The molecule has 3 heteroatoms. The average molecular weight is 327 g/mol. The van der Waals surface area contributed by atoms with Gasteiger partial charge in [0.05, 0.1) is 5.56 Å². The molecule has 1 amide bonds. The monoisotopic (exact) mass is 327 g/mol. The van der Waals surface area contributed by atoms with Gasteiger partial charge in [0.1, 0.15) is 0 Å². The molecule has 0 saturated heterocycles. The number of halogens is 1. The highest BCUT2D eigenvalue weighted by Crippen LogP contribution is 2.14. The van der Waals surface area contributed by atoms with Gasteiger partial charge in [-0.15, -0.1) is 0 Å². The average Bonchev–Trinajstić information content (AvgIpc) is 2.31. The highest BCUT2D eigenvalue weighted by atomic mass is 127. The van der Waals surface area contributed by atoms with Gasteiger partial charge in [0.2, 0.25) is 0 Å². The molecular weight excluding hydrogens is 313 g/mol. The number of hydrogen-bond donors (Lipinski definition) is 1. The molecule has 1 aliphatic rings. The van der Waals surface area contributed by atoms with Crippen LogP contribution in [0.25, 0.3) is 0 Å². The number of carbonyl (C=O) groups excluding carboxylic acids is 1. The van der Waals surface area contributed by atoms with Gasteiger partial charge in [-0.2, -0.15) is 0 Å². The van der Waals surface area contributed by atoms with E-state index in [1.807, 2.05) is 24.3 Å². The molecule has 1 aromatic rings. The zero-order valence-electron chi connectivity index (χ0n) is 8.95. The number of nitrogens with one attached hydrogen (secondary N) is 1. The summed E-state index contributed by atoms with van der Waals surface area (Å²) >= 11 is 2.19. The molecule has 1 aromatic carbocycles. The summed E-state index contributed by atoms with van der Waals surface area (Å²) in [5.41, 5.74) is 0.776. The van der Waals surface area contributed by atoms with Crippen LogP contribution >= 0.6 is 22.6 Å². The third-order valence-corrected chi connectivity index (χ3v) is 3.66. The van der Waals surface area contributed by atoms with E-state index in [1.165, 1.54) is 0 Å². The summed E-state index contributed by atoms with van der Waals surface area (Å²) in [5.74, 6) is 0.0466. The van der Waals surface area contributed by atoms with Crippen molar-refractivity contribution in [2.24, 2.45) is 0 Å². The molecule has 0 bridgehead atoms. The number of benzene rings is 1. The lowest BCUT2D eigenvalue weighted by molar-refractivity contribution is 0.0934. The largest absolute Gasteiger partial charge is 0.349 e. The van der Waals surface area contributed by atoms with E-state index in [-0.39, 0.29) is 5.91 Å². The maximum absolute atomic E-state index is 12.0. The van der Waals surface area contributed by atoms with Crippen LogP contribution in [0.4, 0.5) is 0 Å². The maximum atomic E-state index is 12.0. The fraction of sp³-hybridized carbons (Fsp3) is 0.308. The van der Waals surface area contributed by atoms with Crippen molar-refractivity contribution in [3.63, 3.8) is 0 Å². The topological polar surface area (TPSA) is 29.1 Å². The van der Waals surface area contributed by atoms with Crippen molar-refractivity contribution in [1.82, 2.24) is 5.32 Å². The highest BCUT2D eigenvalue weighted by molar-refractivity contribution is 14.1. The van der Waals surface area contributed by atoms with Crippen LogP contribution in [-0.4, -0.2) is 11.9 Å². The Bertz CT molecular complexity index is 414. The molecule has 1 unspecified atom stereocenters. The van der Waals surface area contributed by atoms with Crippen LogP contribution in [0.5, 0.6) is 0 Å². The fourth-order valence-electron chi connectivity index (χ4n) is 1.83. The Kier molecular flexibility index (Phi) is 3.98. The predicted molar refractivity (Wildman–Crippen MR) is 73.4 cm³/mol. The van der Waals surface area contributed by atoms with Crippen LogP contribution in [0, 0.1) is 3.57 Å². The molecule has 0 aromatic heterocycles. The van der Waals surface area contributed by atoms with Gasteiger partial charge < -0.3 is 5.32 Å². The van der Waals surface area contributed by atoms with Crippen LogP contribution < -0.4 is 5.32 Å². The molecule has 0 radical (unpaired) electrons. The minimum atomic E-state index is 0.0466. The van der Waals surface area contributed by atoms with E-state index in [0.29, 0.717) is 6.04 Å². The molecular formula is C13H14INO. The van der Waals surface area contributed by atoms with Crippen molar-refractivity contribution in [2.75, 3.05) is 0 Å². The molecule has 2 nitrogen and oxygen atoms in total. The van der Waals surface area contributed by atoms with Crippen molar-refractivity contribution < 1.29 is 4.79 Å². The first kappa shape index (κ1) is 11.6. The van der Waals surface area contributed by atoms with E-state index in [2.05, 4.69) is 40.1 Å². The molecule has 16 heavy (non-hydrogen) atoms. The molecule has 0 fully saturated rings. The number of carbonyl (C=O) groups is 1. The molecule has 84 valence electrons. The summed E-state index contributed by atoms with van der Waals surface area (Å²) < 4.78 is 1.00. The van der Waals surface area contributed by atoms with Crippen molar-refractivity contribution in [2.45, 2.75) is 25.3 Å². The van der Waals surface area contributed by atoms with Gasteiger partial charge in [-0.05, 0) is 54.0 Å². The van der Waals surface area contributed by atoms with Crippen molar-refractivity contribution >= 4 is 28.5 Å². The summed E-state index contributed by atoms with van der Waals surface area (Å²) in [6.07, 6.45) is 7.39. The Morgan fingerprint density at radius 3 is 2.81 bits per heavy atom. The van der Waals surface area contributed by atoms with E-state index in [4.69, 9.17) is 0 Å². The molecule has 2 rings (SSSR count). The van der Waals surface area contributed by atoms with Gasteiger partial charge in [0, 0.05) is 9.61 Å². The first-order valence-corrected chi connectivity index (χ1v) is 6.55. The minimum absolute atomic E-state index is 0.0466. The molecule has 0 spiro atoms. The molecule has 1 atom stereocenters. The third kappa shape index (κ3) is 2.84. The normalized spacial score (nSPS) is 19.4. The molecule has 1 N–H and O–H groups in total. The summed E-state index contributed by atoms with van der Waals surface area (Å²) in [5, 5.41) is 3.08. The summed E-state index contributed by atoms with van der Waals surface area (Å²) in [7, 11) is 0. The Balaban J connectivity index is 2.03. The van der Waals surface area contributed by atoms with Gasteiger partial charge in [-0.25, -0.2) is 0 Å².